The Hall–Kier alpha value is 0. The van der Waals surface area contributed by atoms with Gasteiger partial charge in [0.05, 0.1) is 0 Å². The molecular formula is C30H28. The van der Waals surface area contributed by atoms with Gasteiger partial charge in [0.2, 0.25) is 0 Å². The predicted molar refractivity (Wildman–Crippen MR) is 103 cm³/mol. The van der Waals surface area contributed by atoms with Crippen LogP contribution in [0.4, 0.5) is 0 Å². The zero-order valence-corrected chi connectivity index (χ0v) is 17.4. The van der Waals surface area contributed by atoms with Crippen molar-refractivity contribution in [3.05, 3.63) is 0 Å². The zero-order valence-electron chi connectivity index (χ0n) is 17.4. The first-order chi connectivity index (χ1) is 14.9. The Bertz CT molecular complexity index is 1110. The Morgan fingerprint density at radius 1 is 0.300 bits per heavy atom. The van der Waals surface area contributed by atoms with Gasteiger partial charge in [-0.15, -0.1) is 0 Å². The van der Waals surface area contributed by atoms with Gasteiger partial charge in [0.1, 0.15) is 0 Å². The quantitative estimate of drug-likeness (QED) is 0.588. The van der Waals surface area contributed by atoms with E-state index in [0.29, 0.717) is 0 Å². The van der Waals surface area contributed by atoms with Gasteiger partial charge in [-0.05, 0) is 177 Å². The van der Waals surface area contributed by atoms with Crippen LogP contribution in [0.2, 0.25) is 0 Å². The molecule has 148 valence electrons. The third-order valence-corrected chi connectivity index (χ3v) is 21.8. The van der Waals surface area contributed by atoms with E-state index < -0.39 is 0 Å². The molecule has 0 aliphatic heterocycles. The molecule has 17 saturated carbocycles. The largest absolute Gasteiger partial charge is 0.0459 e. The average Bonchev–Trinajstić information content (AvgIpc) is 2.61. The van der Waals surface area contributed by atoms with Crippen LogP contribution < -0.4 is 0 Å². The summed E-state index contributed by atoms with van der Waals surface area (Å²) in [5.74, 6) is 26.6. The highest BCUT2D eigenvalue weighted by molar-refractivity contribution is 5.67. The van der Waals surface area contributed by atoms with Crippen LogP contribution in [0.15, 0.2) is 0 Å². The van der Waals surface area contributed by atoms with Crippen molar-refractivity contribution in [2.24, 2.45) is 151 Å². The lowest BCUT2D eigenvalue weighted by Crippen LogP contribution is -3.20. The molecule has 17 aliphatic rings. The highest BCUT2D eigenvalue weighted by atomic mass is 15.2. The first kappa shape index (κ1) is 11.9. The van der Waals surface area contributed by atoms with E-state index in [4.69, 9.17) is 0 Å². The van der Waals surface area contributed by atoms with Crippen molar-refractivity contribution in [3.63, 3.8) is 0 Å². The lowest BCUT2D eigenvalue weighted by atomic mass is 8.80. The molecule has 20 atom stereocenters. The molecule has 0 saturated heterocycles. The second kappa shape index (κ2) is 2.27. The Labute approximate surface area is 176 Å². The van der Waals surface area contributed by atoms with E-state index >= 15 is 0 Å². The maximum Gasteiger partial charge on any atom is -0.00996 e. The molecule has 0 aromatic carbocycles. The van der Waals surface area contributed by atoms with Crippen LogP contribution in [0.3, 0.4) is 0 Å². The smallest absolute Gasteiger partial charge is 0.00996 e. The predicted octanol–water partition coefficient (Wildman–Crippen LogP) is 4.02. The molecule has 0 nitrogen and oxygen atoms in total. The normalized spacial score (nSPS) is 114. The summed E-state index contributed by atoms with van der Waals surface area (Å²) in [4.78, 5) is 0. The molecule has 0 heterocycles. The van der Waals surface area contributed by atoms with Crippen LogP contribution in [0.5, 0.6) is 0 Å². The van der Waals surface area contributed by atoms with E-state index in [0.717, 1.165) is 32.5 Å². The minimum atomic E-state index is 1.07. The summed E-state index contributed by atoms with van der Waals surface area (Å²) < 4.78 is 0. The molecule has 0 N–H and O–H groups in total. The molecule has 0 bridgehead atoms. The SMILES string of the molecule is C1C2C3C4C5CC6C7C8CC9C(C%10C%11CC%12C%13C1C21C3C2C%10C%11%12C%1321)C1C2C4C56C72C981. The van der Waals surface area contributed by atoms with Crippen LogP contribution in [-0.4, -0.2) is 0 Å². The molecule has 6 spiro atoms. The van der Waals surface area contributed by atoms with Crippen molar-refractivity contribution in [2.45, 2.75) is 25.7 Å². The minimum absolute atomic E-state index is 1.07. The van der Waals surface area contributed by atoms with E-state index in [1.807, 2.05) is 0 Å². The zero-order chi connectivity index (χ0) is 17.4. The Morgan fingerprint density at radius 2 is 0.600 bits per heavy atom. The highest BCUT2D eigenvalue weighted by Gasteiger charge is 3.21. The first-order valence-electron chi connectivity index (χ1n) is 14.9. The fourth-order valence-corrected chi connectivity index (χ4v) is 24.4. The second-order valence-corrected chi connectivity index (χ2v) is 17.8. The molecule has 0 heteroatoms. The van der Waals surface area contributed by atoms with Crippen LogP contribution in [0, 0.1) is 151 Å². The van der Waals surface area contributed by atoms with Crippen LogP contribution in [-0.2, 0) is 0 Å². The lowest BCUT2D eigenvalue weighted by Gasteiger charge is -3.23. The maximum absolute atomic E-state index is 1.77. The standard InChI is InChI=1S/C30H28/c1-5-13-14-6-3-11-18-12-4-8-16(22-24-20(14)27(6,11)30(18,24)28(8,12)22)15-7-2-10-17-9(1)25(5)19(13)23-21(15)26(7,10)29(17,23)25/h5-24H,1-4H2. The summed E-state index contributed by atoms with van der Waals surface area (Å²) in [5.41, 5.74) is 6.43. The molecule has 17 fully saturated rings. The van der Waals surface area contributed by atoms with E-state index in [2.05, 4.69) is 0 Å². The summed E-state index contributed by atoms with van der Waals surface area (Å²) in [6.45, 7) is 0. The van der Waals surface area contributed by atoms with Gasteiger partial charge >= 0.3 is 0 Å². The summed E-state index contributed by atoms with van der Waals surface area (Å²) in [7, 11) is 0. The van der Waals surface area contributed by atoms with E-state index in [1.165, 1.54) is 118 Å². The minimum Gasteiger partial charge on any atom is -0.0459 e. The summed E-state index contributed by atoms with van der Waals surface area (Å²) in [6.07, 6.45) is 7.10. The number of rotatable bonds is 0. The number of hydrogen-bond donors (Lipinski definition) is 0. The van der Waals surface area contributed by atoms with Gasteiger partial charge in [-0.25, -0.2) is 0 Å². The average molecular weight is 389 g/mol. The van der Waals surface area contributed by atoms with Crippen molar-refractivity contribution in [1.82, 2.24) is 0 Å². The molecule has 30 heavy (non-hydrogen) atoms. The Balaban J connectivity index is 1.01. The first-order valence-corrected chi connectivity index (χ1v) is 14.9. The Morgan fingerprint density at radius 3 is 0.900 bits per heavy atom. The van der Waals surface area contributed by atoms with E-state index in [1.54, 1.807) is 25.7 Å². The van der Waals surface area contributed by atoms with Crippen LogP contribution in [0.1, 0.15) is 25.7 Å². The number of fused-ring (bicyclic) bond motifs is 10. The van der Waals surface area contributed by atoms with E-state index in [9.17, 15) is 0 Å². The van der Waals surface area contributed by atoms with Gasteiger partial charge in [-0.2, -0.15) is 0 Å². The molecular weight excluding hydrogens is 360 g/mol. The van der Waals surface area contributed by atoms with Crippen molar-refractivity contribution < 1.29 is 0 Å². The van der Waals surface area contributed by atoms with Gasteiger partial charge in [0.15, 0.2) is 0 Å². The van der Waals surface area contributed by atoms with Gasteiger partial charge in [0.25, 0.3) is 0 Å². The van der Waals surface area contributed by atoms with Crippen LogP contribution >= 0.6 is 0 Å². The molecule has 0 aromatic heterocycles. The third-order valence-electron chi connectivity index (χ3n) is 21.8. The lowest BCUT2D eigenvalue weighted by molar-refractivity contribution is -0.771. The molecule has 17 rings (SSSR count). The molecule has 0 radical (unpaired) electrons. The van der Waals surface area contributed by atoms with Crippen molar-refractivity contribution in [2.75, 3.05) is 0 Å². The summed E-state index contributed by atoms with van der Waals surface area (Å²) >= 11 is 0. The Kier molecular flexibility index (Phi) is 0.904. The molecule has 0 aromatic rings. The van der Waals surface area contributed by atoms with E-state index in [-0.39, 0.29) is 0 Å². The van der Waals surface area contributed by atoms with Crippen molar-refractivity contribution in [3.8, 4) is 0 Å². The highest BCUT2D eigenvalue weighted by Crippen LogP contribution is 3.24. The fourth-order valence-electron chi connectivity index (χ4n) is 24.4. The summed E-state index contributed by atoms with van der Waals surface area (Å²) in [6, 6.07) is 0. The van der Waals surface area contributed by atoms with Gasteiger partial charge in [0, 0.05) is 0 Å². The van der Waals surface area contributed by atoms with Gasteiger partial charge in [-0.3, -0.25) is 0 Å². The fraction of sp³-hybridized carbons (Fsp3) is 1.00. The topological polar surface area (TPSA) is 0 Å². The van der Waals surface area contributed by atoms with Crippen molar-refractivity contribution in [1.29, 1.82) is 0 Å². The third kappa shape index (κ3) is 0.422. The summed E-state index contributed by atoms with van der Waals surface area (Å²) in [5, 5.41) is 0. The molecule has 20 unspecified atom stereocenters. The molecule has 0 amide bonds. The number of hydrogen-bond acceptors (Lipinski definition) is 0. The van der Waals surface area contributed by atoms with Crippen LogP contribution in [0.25, 0.3) is 0 Å². The van der Waals surface area contributed by atoms with Crippen molar-refractivity contribution >= 4 is 0 Å². The van der Waals surface area contributed by atoms with Gasteiger partial charge in [-0.1, -0.05) is 0 Å². The molecule has 17 aliphatic carbocycles. The van der Waals surface area contributed by atoms with Gasteiger partial charge < -0.3 is 0 Å². The second-order valence-electron chi connectivity index (χ2n) is 17.8. The monoisotopic (exact) mass is 388 g/mol. The maximum atomic E-state index is 1.77.